The molecule has 4 rings (SSSR count). The molecule has 7 heteroatoms. The number of nitrogens with one attached hydrogen (secondary N) is 1. The Morgan fingerprint density at radius 2 is 2.38 bits per heavy atom. The van der Waals surface area contributed by atoms with Crippen LogP contribution in [0.1, 0.15) is 23.2 Å². The van der Waals surface area contributed by atoms with E-state index in [-0.39, 0.29) is 6.10 Å². The maximum atomic E-state index is 5.96. The minimum absolute atomic E-state index is 0.0227. The highest BCUT2D eigenvalue weighted by atomic mass is 32.1. The molecule has 1 aliphatic rings. The van der Waals surface area contributed by atoms with Gasteiger partial charge in [0.2, 0.25) is 0 Å². The number of ether oxygens (including phenoxy) is 1. The lowest BCUT2D eigenvalue weighted by molar-refractivity contribution is -0.0383. The summed E-state index contributed by atoms with van der Waals surface area (Å²) in [6.07, 6.45) is 4.00. The number of aromatic nitrogens is 4. The number of thiophene rings is 1. The number of hydrogen-bond donors (Lipinski definition) is 1. The topological polar surface area (TPSA) is 59.0 Å². The zero-order valence-electron chi connectivity index (χ0n) is 13.9. The first-order valence-electron chi connectivity index (χ1n) is 8.10. The average Bonchev–Trinajstić information content (AvgIpc) is 3.28. The van der Waals surface area contributed by atoms with Crippen LogP contribution in [0.5, 0.6) is 0 Å². The summed E-state index contributed by atoms with van der Waals surface area (Å²) in [5.41, 5.74) is 3.39. The van der Waals surface area contributed by atoms with E-state index in [9.17, 15) is 0 Å². The van der Waals surface area contributed by atoms with Crippen molar-refractivity contribution in [3.8, 4) is 10.6 Å². The van der Waals surface area contributed by atoms with Crippen molar-refractivity contribution in [1.29, 1.82) is 0 Å². The average molecular weight is 343 g/mol. The van der Waals surface area contributed by atoms with Gasteiger partial charge in [-0.3, -0.25) is 10.00 Å². The van der Waals surface area contributed by atoms with E-state index in [1.807, 2.05) is 26.4 Å². The minimum Gasteiger partial charge on any atom is -0.368 e. The van der Waals surface area contributed by atoms with Crippen LogP contribution < -0.4 is 0 Å². The molecule has 24 heavy (non-hydrogen) atoms. The quantitative estimate of drug-likeness (QED) is 0.791. The van der Waals surface area contributed by atoms with Crippen molar-refractivity contribution in [3.05, 3.63) is 47.0 Å². The molecular weight excluding hydrogens is 322 g/mol. The fourth-order valence-corrected chi connectivity index (χ4v) is 4.00. The van der Waals surface area contributed by atoms with E-state index in [1.165, 1.54) is 10.4 Å². The van der Waals surface area contributed by atoms with E-state index in [0.29, 0.717) is 0 Å². The van der Waals surface area contributed by atoms with Crippen molar-refractivity contribution >= 4 is 11.3 Å². The van der Waals surface area contributed by atoms with Crippen molar-refractivity contribution in [2.45, 2.75) is 19.6 Å². The summed E-state index contributed by atoms with van der Waals surface area (Å²) in [5, 5.41) is 9.48. The Balaban J connectivity index is 1.50. The molecule has 3 aromatic heterocycles. The van der Waals surface area contributed by atoms with Gasteiger partial charge in [-0.1, -0.05) is 6.07 Å². The molecule has 1 fully saturated rings. The zero-order valence-corrected chi connectivity index (χ0v) is 14.7. The molecule has 0 saturated carbocycles. The summed E-state index contributed by atoms with van der Waals surface area (Å²) in [5.74, 6) is 1.00. The number of nitrogens with zero attached hydrogens (tertiary/aromatic N) is 4. The van der Waals surface area contributed by atoms with Crippen LogP contribution in [0, 0.1) is 6.92 Å². The summed E-state index contributed by atoms with van der Waals surface area (Å²) >= 11 is 1.73. The Hall–Kier alpha value is -1.96. The third-order valence-electron chi connectivity index (χ3n) is 4.35. The Morgan fingerprint density at radius 1 is 1.46 bits per heavy atom. The summed E-state index contributed by atoms with van der Waals surface area (Å²) in [4.78, 5) is 8.26. The highest BCUT2D eigenvalue weighted by Crippen LogP contribution is 2.28. The number of H-pyrrole nitrogens is 1. The molecule has 0 aromatic carbocycles. The smallest absolute Gasteiger partial charge is 0.139 e. The van der Waals surface area contributed by atoms with E-state index in [0.717, 1.165) is 43.5 Å². The third kappa shape index (κ3) is 3.02. The normalized spacial score (nSPS) is 19.0. The van der Waals surface area contributed by atoms with E-state index in [1.54, 1.807) is 11.3 Å². The van der Waals surface area contributed by atoms with Crippen LogP contribution in [0.4, 0.5) is 0 Å². The fraction of sp³-hybridized carbons (Fsp3) is 0.412. The molecule has 1 aliphatic heterocycles. The SMILES string of the molecule is Cc1cn(C)c(C2CN(Cc3cn[nH]c3-c3cccs3)CCO2)n1. The summed E-state index contributed by atoms with van der Waals surface area (Å²) in [7, 11) is 2.03. The largest absolute Gasteiger partial charge is 0.368 e. The van der Waals surface area contributed by atoms with E-state index < -0.39 is 0 Å². The predicted octanol–water partition coefficient (Wildman–Crippen LogP) is 2.75. The van der Waals surface area contributed by atoms with E-state index >= 15 is 0 Å². The highest BCUT2D eigenvalue weighted by Gasteiger charge is 2.26. The van der Waals surface area contributed by atoms with Crippen molar-refractivity contribution < 1.29 is 4.74 Å². The van der Waals surface area contributed by atoms with E-state index in [2.05, 4.69) is 42.2 Å². The summed E-state index contributed by atoms with van der Waals surface area (Å²) < 4.78 is 8.03. The van der Waals surface area contributed by atoms with Crippen LogP contribution >= 0.6 is 11.3 Å². The van der Waals surface area contributed by atoms with Gasteiger partial charge in [0.05, 0.1) is 29.1 Å². The van der Waals surface area contributed by atoms with Crippen LogP contribution in [0.15, 0.2) is 29.9 Å². The van der Waals surface area contributed by atoms with Crippen molar-refractivity contribution in [3.63, 3.8) is 0 Å². The number of aryl methyl sites for hydroxylation is 2. The van der Waals surface area contributed by atoms with Gasteiger partial charge in [-0.25, -0.2) is 4.98 Å². The molecule has 1 atom stereocenters. The van der Waals surface area contributed by atoms with Crippen LogP contribution in [-0.4, -0.2) is 44.3 Å². The van der Waals surface area contributed by atoms with Crippen molar-refractivity contribution in [1.82, 2.24) is 24.6 Å². The molecular formula is C17H21N5OS. The van der Waals surface area contributed by atoms with Crippen LogP contribution in [0.25, 0.3) is 10.6 Å². The standard InChI is InChI=1S/C17H21N5OS/c1-12-9-21(2)17(19-12)14-11-22(5-6-23-14)10-13-8-18-20-16(13)15-4-3-7-24-15/h3-4,7-9,14H,5-6,10-11H2,1-2H3,(H,18,20). The Bertz CT molecular complexity index is 807. The van der Waals surface area contributed by atoms with Crippen molar-refractivity contribution in [2.75, 3.05) is 19.7 Å². The monoisotopic (exact) mass is 343 g/mol. The van der Waals surface area contributed by atoms with Gasteiger partial charge in [-0.15, -0.1) is 11.3 Å². The van der Waals surface area contributed by atoms with Gasteiger partial charge in [-0.05, 0) is 18.4 Å². The molecule has 3 aromatic rings. The molecule has 0 radical (unpaired) electrons. The maximum absolute atomic E-state index is 5.96. The number of rotatable bonds is 4. The molecule has 1 N–H and O–H groups in total. The van der Waals surface area contributed by atoms with Crippen molar-refractivity contribution in [2.24, 2.45) is 7.05 Å². The predicted molar refractivity (Wildman–Crippen MR) is 93.8 cm³/mol. The first-order chi connectivity index (χ1) is 11.7. The summed E-state index contributed by atoms with van der Waals surface area (Å²) in [6.45, 7) is 5.38. The lowest BCUT2D eigenvalue weighted by Gasteiger charge is -2.32. The highest BCUT2D eigenvalue weighted by molar-refractivity contribution is 7.13. The molecule has 0 amide bonds. The van der Waals surface area contributed by atoms with Crippen LogP contribution in [0.2, 0.25) is 0 Å². The van der Waals surface area contributed by atoms with Gasteiger partial charge in [0.25, 0.3) is 0 Å². The zero-order chi connectivity index (χ0) is 16.5. The maximum Gasteiger partial charge on any atom is 0.139 e. The van der Waals surface area contributed by atoms with Gasteiger partial charge in [-0.2, -0.15) is 5.10 Å². The number of imidazole rings is 1. The van der Waals surface area contributed by atoms with Gasteiger partial charge in [0.1, 0.15) is 11.9 Å². The second kappa shape index (κ2) is 6.51. The first kappa shape index (κ1) is 15.6. The molecule has 1 unspecified atom stereocenters. The van der Waals surface area contributed by atoms with E-state index in [4.69, 9.17) is 4.74 Å². The lowest BCUT2D eigenvalue weighted by atomic mass is 10.2. The molecule has 126 valence electrons. The molecule has 1 saturated heterocycles. The molecule has 0 bridgehead atoms. The van der Waals surface area contributed by atoms with Gasteiger partial charge in [0.15, 0.2) is 0 Å². The lowest BCUT2D eigenvalue weighted by Crippen LogP contribution is -2.38. The van der Waals surface area contributed by atoms with Gasteiger partial charge in [0, 0.05) is 38.4 Å². The molecule has 0 spiro atoms. The Morgan fingerprint density at radius 3 is 3.12 bits per heavy atom. The van der Waals surface area contributed by atoms with Crippen LogP contribution in [-0.2, 0) is 18.3 Å². The minimum atomic E-state index is 0.0227. The second-order valence-corrected chi connectivity index (χ2v) is 7.14. The molecule has 4 heterocycles. The number of morpholine rings is 1. The number of aromatic amines is 1. The summed E-state index contributed by atoms with van der Waals surface area (Å²) in [6, 6.07) is 4.19. The number of hydrogen-bond acceptors (Lipinski definition) is 5. The Labute approximate surface area is 145 Å². The van der Waals surface area contributed by atoms with Crippen LogP contribution in [0.3, 0.4) is 0 Å². The molecule has 0 aliphatic carbocycles. The van der Waals surface area contributed by atoms with Gasteiger partial charge < -0.3 is 9.30 Å². The van der Waals surface area contributed by atoms with Gasteiger partial charge >= 0.3 is 0 Å². The molecule has 6 nitrogen and oxygen atoms in total. The second-order valence-electron chi connectivity index (χ2n) is 6.19. The first-order valence-corrected chi connectivity index (χ1v) is 8.98. The fourth-order valence-electron chi connectivity index (χ4n) is 3.24. The Kier molecular flexibility index (Phi) is 4.22. The third-order valence-corrected chi connectivity index (χ3v) is 5.24.